The number of hydrogen-bond donors (Lipinski definition) is 1. The van der Waals surface area contributed by atoms with Gasteiger partial charge in [0.2, 0.25) is 5.13 Å². The van der Waals surface area contributed by atoms with Crippen LogP contribution in [0.15, 0.2) is 95.5 Å². The van der Waals surface area contributed by atoms with Gasteiger partial charge in [-0.05, 0) is 54.1 Å². The molecule has 0 saturated carbocycles. The third kappa shape index (κ3) is 5.71. The van der Waals surface area contributed by atoms with Crippen LogP contribution in [0.2, 0.25) is 0 Å². The maximum absolute atomic E-state index is 5.85. The summed E-state index contributed by atoms with van der Waals surface area (Å²) in [5.41, 5.74) is 7.57. The van der Waals surface area contributed by atoms with Gasteiger partial charge in [0.25, 0.3) is 0 Å². The van der Waals surface area contributed by atoms with E-state index in [-0.39, 0.29) is 0 Å². The van der Waals surface area contributed by atoms with E-state index in [9.17, 15) is 0 Å². The molecule has 0 unspecified atom stereocenters. The third-order valence-corrected chi connectivity index (χ3v) is 5.84. The highest BCUT2D eigenvalue weighted by atomic mass is 32.1. The Bertz CT molecular complexity index is 1400. The molecule has 0 fully saturated rings. The molecule has 1 N–H and O–H groups in total. The Hall–Kier alpha value is -4.50. The lowest BCUT2D eigenvalue weighted by atomic mass is 10.2. The van der Waals surface area contributed by atoms with E-state index in [2.05, 4.69) is 25.8 Å². The minimum absolute atomic E-state index is 0.318. The fraction of sp³-hybridized carbons (Fsp3) is 0.0769. The van der Waals surface area contributed by atoms with Crippen LogP contribution in [0.25, 0.3) is 16.9 Å². The predicted molar refractivity (Wildman–Crippen MR) is 137 cm³/mol. The molecule has 0 aliphatic heterocycles. The minimum atomic E-state index is 0.318. The van der Waals surface area contributed by atoms with Crippen LogP contribution in [0.4, 0.5) is 5.13 Å². The predicted octanol–water partition coefficient (Wildman–Crippen LogP) is 5.42. The van der Waals surface area contributed by atoms with Crippen LogP contribution >= 0.6 is 11.3 Å². The van der Waals surface area contributed by atoms with Crippen molar-refractivity contribution >= 4 is 22.7 Å². The van der Waals surface area contributed by atoms with Crippen molar-refractivity contribution in [1.29, 1.82) is 0 Å². The summed E-state index contributed by atoms with van der Waals surface area (Å²) in [5.74, 6) is 1.53. The Morgan fingerprint density at radius 1 is 0.971 bits per heavy atom. The molecule has 0 bridgehead atoms. The molecule has 5 aromatic rings. The Morgan fingerprint density at radius 3 is 2.51 bits per heavy atom. The SMILES string of the molecule is COc1ccc(-n2cc(COc3ccc(/C=N/Nc4nc(-c5ccccc5)cs4)cc3)nn2)cc1. The van der Waals surface area contributed by atoms with E-state index in [4.69, 9.17) is 9.47 Å². The first-order valence-electron chi connectivity index (χ1n) is 10.9. The van der Waals surface area contributed by atoms with Gasteiger partial charge in [0.1, 0.15) is 23.8 Å². The molecule has 8 nitrogen and oxygen atoms in total. The fourth-order valence-corrected chi connectivity index (χ4v) is 3.93. The lowest BCUT2D eigenvalue weighted by Gasteiger charge is -2.04. The molecule has 0 saturated heterocycles. The van der Waals surface area contributed by atoms with E-state index in [1.165, 1.54) is 11.3 Å². The zero-order valence-electron chi connectivity index (χ0n) is 18.9. The lowest BCUT2D eigenvalue weighted by Crippen LogP contribution is -1.96. The maximum Gasteiger partial charge on any atom is 0.203 e. The summed E-state index contributed by atoms with van der Waals surface area (Å²) in [6.45, 7) is 0.318. The molecule has 3 aromatic carbocycles. The summed E-state index contributed by atoms with van der Waals surface area (Å²) in [7, 11) is 1.64. The number of hydrogen-bond acceptors (Lipinski definition) is 8. The third-order valence-electron chi connectivity index (χ3n) is 5.09. The maximum atomic E-state index is 5.85. The van der Waals surface area contributed by atoms with Crippen molar-refractivity contribution in [2.24, 2.45) is 5.10 Å². The van der Waals surface area contributed by atoms with Gasteiger partial charge in [-0.3, -0.25) is 5.43 Å². The van der Waals surface area contributed by atoms with Crippen LogP contribution in [-0.2, 0) is 6.61 Å². The molecule has 35 heavy (non-hydrogen) atoms. The molecule has 9 heteroatoms. The summed E-state index contributed by atoms with van der Waals surface area (Å²) in [6, 6.07) is 25.3. The summed E-state index contributed by atoms with van der Waals surface area (Å²) < 4.78 is 12.7. The van der Waals surface area contributed by atoms with E-state index in [1.807, 2.05) is 90.4 Å². The summed E-state index contributed by atoms with van der Waals surface area (Å²) in [4.78, 5) is 4.56. The van der Waals surface area contributed by atoms with Crippen molar-refractivity contribution in [2.75, 3.05) is 12.5 Å². The van der Waals surface area contributed by atoms with Crippen LogP contribution in [0.1, 0.15) is 11.3 Å². The molecule has 5 rings (SSSR count). The number of methoxy groups -OCH3 is 1. The van der Waals surface area contributed by atoms with Gasteiger partial charge in [0.05, 0.1) is 30.9 Å². The van der Waals surface area contributed by atoms with E-state index in [0.29, 0.717) is 6.61 Å². The molecule has 2 heterocycles. The van der Waals surface area contributed by atoms with Crippen LogP contribution in [0.5, 0.6) is 11.5 Å². The first-order chi connectivity index (χ1) is 17.3. The molecule has 0 atom stereocenters. The molecular weight excluding hydrogens is 460 g/mol. The average Bonchev–Trinajstić information content (AvgIpc) is 3.59. The number of anilines is 1. The van der Waals surface area contributed by atoms with Gasteiger partial charge in [-0.25, -0.2) is 9.67 Å². The Kier molecular flexibility index (Phi) is 6.77. The molecular formula is C26H22N6O2S. The van der Waals surface area contributed by atoms with Gasteiger partial charge in [-0.15, -0.1) is 16.4 Å². The van der Waals surface area contributed by atoms with Crippen molar-refractivity contribution in [3.05, 3.63) is 102 Å². The molecule has 0 spiro atoms. The number of benzene rings is 3. The van der Waals surface area contributed by atoms with Crippen LogP contribution in [0.3, 0.4) is 0 Å². The number of nitrogens with one attached hydrogen (secondary N) is 1. The normalized spacial score (nSPS) is 11.0. The van der Waals surface area contributed by atoms with Crippen LogP contribution in [0, 0.1) is 0 Å². The second kappa shape index (κ2) is 10.6. The zero-order valence-corrected chi connectivity index (χ0v) is 19.7. The lowest BCUT2D eigenvalue weighted by molar-refractivity contribution is 0.301. The second-order valence-corrected chi connectivity index (χ2v) is 8.34. The number of nitrogens with zero attached hydrogens (tertiary/aromatic N) is 5. The van der Waals surface area contributed by atoms with Crippen molar-refractivity contribution in [3.8, 4) is 28.4 Å². The first kappa shape index (κ1) is 22.3. The monoisotopic (exact) mass is 482 g/mol. The highest BCUT2D eigenvalue weighted by molar-refractivity contribution is 7.14. The number of ether oxygens (including phenoxy) is 2. The van der Waals surface area contributed by atoms with E-state index < -0.39 is 0 Å². The smallest absolute Gasteiger partial charge is 0.203 e. The zero-order chi connectivity index (χ0) is 23.9. The number of hydrazone groups is 1. The minimum Gasteiger partial charge on any atom is -0.497 e. The van der Waals surface area contributed by atoms with Crippen molar-refractivity contribution in [2.45, 2.75) is 6.61 Å². The average molecular weight is 483 g/mol. The fourth-order valence-electron chi connectivity index (χ4n) is 3.26. The van der Waals surface area contributed by atoms with Gasteiger partial charge >= 0.3 is 0 Å². The highest BCUT2D eigenvalue weighted by Crippen LogP contribution is 2.24. The van der Waals surface area contributed by atoms with Crippen molar-refractivity contribution in [3.63, 3.8) is 0 Å². The largest absolute Gasteiger partial charge is 0.497 e. The second-order valence-electron chi connectivity index (χ2n) is 7.48. The Morgan fingerprint density at radius 2 is 1.74 bits per heavy atom. The Labute approximate surface area is 206 Å². The molecule has 174 valence electrons. The topological polar surface area (TPSA) is 86.5 Å². The molecule has 0 amide bonds. The van der Waals surface area contributed by atoms with E-state index in [1.54, 1.807) is 18.0 Å². The van der Waals surface area contributed by atoms with Gasteiger partial charge < -0.3 is 9.47 Å². The summed E-state index contributed by atoms with van der Waals surface area (Å²) in [6.07, 6.45) is 3.59. The van der Waals surface area contributed by atoms with Gasteiger partial charge in [-0.2, -0.15) is 5.10 Å². The van der Waals surface area contributed by atoms with Gasteiger partial charge in [-0.1, -0.05) is 35.5 Å². The Balaban J connectivity index is 1.12. The van der Waals surface area contributed by atoms with Crippen LogP contribution in [-0.4, -0.2) is 33.3 Å². The highest BCUT2D eigenvalue weighted by Gasteiger charge is 2.05. The van der Waals surface area contributed by atoms with Gasteiger partial charge in [0, 0.05) is 10.9 Å². The van der Waals surface area contributed by atoms with Crippen LogP contribution < -0.4 is 14.9 Å². The summed E-state index contributed by atoms with van der Waals surface area (Å²) >= 11 is 1.51. The van der Waals surface area contributed by atoms with Gasteiger partial charge in [0.15, 0.2) is 0 Å². The first-order valence-corrected chi connectivity index (χ1v) is 11.7. The number of thiazole rings is 1. The molecule has 0 radical (unpaired) electrons. The molecule has 0 aliphatic rings. The van der Waals surface area contributed by atoms with E-state index >= 15 is 0 Å². The quantitative estimate of drug-likeness (QED) is 0.223. The number of aromatic nitrogens is 4. The standard InChI is InChI=1S/C26H22N6O2S/c1-33-23-13-9-22(10-14-23)32-16-21(29-31-32)17-34-24-11-7-19(8-12-24)15-27-30-26-28-25(18-35-26)20-5-3-2-4-6-20/h2-16,18H,17H2,1H3,(H,28,30)/b27-15+. The van der Waals surface area contributed by atoms with Crippen molar-refractivity contribution < 1.29 is 9.47 Å². The summed E-state index contributed by atoms with van der Waals surface area (Å²) in [5, 5.41) is 15.4. The molecule has 0 aliphatic carbocycles. The number of rotatable bonds is 9. The molecule has 2 aromatic heterocycles. The van der Waals surface area contributed by atoms with E-state index in [0.717, 1.165) is 44.8 Å². The van der Waals surface area contributed by atoms with Crippen molar-refractivity contribution in [1.82, 2.24) is 20.0 Å².